The van der Waals surface area contributed by atoms with Crippen molar-refractivity contribution in [2.24, 2.45) is 7.05 Å². The van der Waals surface area contributed by atoms with Crippen molar-refractivity contribution in [3.05, 3.63) is 29.0 Å². The number of thiazole rings is 1. The summed E-state index contributed by atoms with van der Waals surface area (Å²) >= 11 is 1.43. The molecule has 0 atom stereocenters. The summed E-state index contributed by atoms with van der Waals surface area (Å²) in [5.41, 5.74) is 1.78. The van der Waals surface area contributed by atoms with Crippen molar-refractivity contribution >= 4 is 22.4 Å². The van der Waals surface area contributed by atoms with Crippen molar-refractivity contribution in [3.8, 4) is 11.5 Å². The number of nitrogens with one attached hydrogen (secondary N) is 1. The number of aryl methyl sites for hydroxylation is 1. The summed E-state index contributed by atoms with van der Waals surface area (Å²) < 4.78 is 6.70. The molecule has 1 saturated carbocycles. The van der Waals surface area contributed by atoms with Crippen LogP contribution in [0.4, 0.5) is 5.13 Å². The number of anilines is 1. The number of carbonyl (C=O) groups excluding carboxylic acids is 1. The quantitative estimate of drug-likeness (QED) is 0.789. The van der Waals surface area contributed by atoms with E-state index < -0.39 is 0 Å². The number of amides is 1. The molecule has 23 heavy (non-hydrogen) atoms. The Bertz CT molecular complexity index is 847. The fourth-order valence-electron chi connectivity index (χ4n) is 2.36. The number of hydrogen-bond acceptors (Lipinski definition) is 7. The molecule has 3 heterocycles. The number of aromatic nitrogens is 5. The zero-order valence-electron chi connectivity index (χ0n) is 12.4. The highest BCUT2D eigenvalue weighted by molar-refractivity contribution is 7.14. The highest BCUT2D eigenvalue weighted by Gasteiger charge is 2.23. The van der Waals surface area contributed by atoms with Gasteiger partial charge in [-0.05, 0) is 12.8 Å². The van der Waals surface area contributed by atoms with Gasteiger partial charge in [-0.1, -0.05) is 16.8 Å². The van der Waals surface area contributed by atoms with E-state index >= 15 is 0 Å². The molecule has 9 heteroatoms. The zero-order valence-corrected chi connectivity index (χ0v) is 13.2. The lowest BCUT2D eigenvalue weighted by Crippen LogP contribution is -2.13. The predicted octanol–water partition coefficient (Wildman–Crippen LogP) is 2.45. The van der Waals surface area contributed by atoms with Gasteiger partial charge in [0.2, 0.25) is 0 Å². The fourth-order valence-corrected chi connectivity index (χ4v) is 3.15. The van der Waals surface area contributed by atoms with E-state index in [0.29, 0.717) is 22.5 Å². The summed E-state index contributed by atoms with van der Waals surface area (Å²) in [6, 6.07) is 1.54. The van der Waals surface area contributed by atoms with Crippen LogP contribution in [0.25, 0.3) is 11.5 Å². The Hall–Kier alpha value is -2.55. The first kappa shape index (κ1) is 14.1. The molecule has 0 aliphatic heterocycles. The SMILES string of the molecule is Cn1cc(-c2cc(C(=O)Nc3nc(C4CCC4)cs3)no2)nn1. The lowest BCUT2D eigenvalue weighted by atomic mass is 9.83. The van der Waals surface area contributed by atoms with Crippen LogP contribution in [-0.2, 0) is 7.05 Å². The van der Waals surface area contributed by atoms with Gasteiger partial charge < -0.3 is 4.52 Å². The third-order valence-corrected chi connectivity index (χ3v) is 4.64. The van der Waals surface area contributed by atoms with Crippen LogP contribution < -0.4 is 5.32 Å². The van der Waals surface area contributed by atoms with Gasteiger partial charge in [0.25, 0.3) is 5.91 Å². The number of carbonyl (C=O) groups is 1. The molecule has 0 radical (unpaired) electrons. The van der Waals surface area contributed by atoms with Gasteiger partial charge in [0.1, 0.15) is 0 Å². The van der Waals surface area contributed by atoms with Gasteiger partial charge in [-0.2, -0.15) is 0 Å². The van der Waals surface area contributed by atoms with Gasteiger partial charge in [0, 0.05) is 24.4 Å². The van der Waals surface area contributed by atoms with Crippen molar-refractivity contribution < 1.29 is 9.32 Å². The van der Waals surface area contributed by atoms with Crippen molar-refractivity contribution in [1.29, 1.82) is 0 Å². The molecule has 3 aromatic heterocycles. The Morgan fingerprint density at radius 2 is 2.35 bits per heavy atom. The van der Waals surface area contributed by atoms with Gasteiger partial charge in [-0.25, -0.2) is 4.98 Å². The molecular weight excluding hydrogens is 316 g/mol. The maximum absolute atomic E-state index is 12.2. The molecule has 8 nitrogen and oxygen atoms in total. The topological polar surface area (TPSA) is 98.7 Å². The number of hydrogen-bond donors (Lipinski definition) is 1. The molecule has 1 aliphatic rings. The molecule has 0 aromatic carbocycles. The standard InChI is InChI=1S/C14H14N6O2S/c1-20-6-10(17-19-20)12-5-9(18-22-12)13(21)16-14-15-11(7-23-14)8-3-2-4-8/h5-8H,2-4H2,1H3,(H,15,16,21). The Morgan fingerprint density at radius 3 is 3.04 bits per heavy atom. The zero-order chi connectivity index (χ0) is 15.8. The van der Waals surface area contributed by atoms with Crippen LogP contribution >= 0.6 is 11.3 Å². The molecule has 1 N–H and O–H groups in total. The first-order valence-electron chi connectivity index (χ1n) is 7.29. The molecule has 0 bridgehead atoms. The second-order valence-electron chi connectivity index (χ2n) is 5.51. The molecule has 1 aliphatic carbocycles. The Morgan fingerprint density at radius 1 is 1.48 bits per heavy atom. The van der Waals surface area contributed by atoms with Crippen LogP contribution in [0.1, 0.15) is 41.4 Å². The molecule has 0 saturated heterocycles. The summed E-state index contributed by atoms with van der Waals surface area (Å²) in [7, 11) is 1.75. The first-order chi connectivity index (χ1) is 11.2. The minimum absolute atomic E-state index is 0.186. The van der Waals surface area contributed by atoms with E-state index in [0.717, 1.165) is 5.69 Å². The van der Waals surface area contributed by atoms with Gasteiger partial charge in [0.05, 0.1) is 11.9 Å². The fraction of sp³-hybridized carbons (Fsp3) is 0.357. The van der Waals surface area contributed by atoms with Gasteiger partial charge in [-0.3, -0.25) is 14.8 Å². The normalized spacial score (nSPS) is 14.7. The highest BCUT2D eigenvalue weighted by atomic mass is 32.1. The Kier molecular flexibility index (Phi) is 3.41. The molecule has 1 fully saturated rings. The molecule has 1 amide bonds. The maximum atomic E-state index is 12.2. The second kappa shape index (κ2) is 5.58. The Labute approximate surface area is 135 Å². The second-order valence-corrected chi connectivity index (χ2v) is 6.37. The van der Waals surface area contributed by atoms with Crippen LogP contribution in [0.3, 0.4) is 0 Å². The summed E-state index contributed by atoms with van der Waals surface area (Å²) in [6.07, 6.45) is 5.31. The average Bonchev–Trinajstić information content (AvgIpc) is 3.17. The third kappa shape index (κ3) is 2.74. The predicted molar refractivity (Wildman–Crippen MR) is 83.2 cm³/mol. The molecule has 3 aromatic rings. The van der Waals surface area contributed by atoms with E-state index in [4.69, 9.17) is 4.52 Å². The summed E-state index contributed by atoms with van der Waals surface area (Å²) in [5, 5.41) is 16.9. The van der Waals surface area contributed by atoms with E-state index in [2.05, 4.69) is 25.8 Å². The monoisotopic (exact) mass is 330 g/mol. The van der Waals surface area contributed by atoms with E-state index in [1.807, 2.05) is 5.38 Å². The van der Waals surface area contributed by atoms with Crippen molar-refractivity contribution in [2.45, 2.75) is 25.2 Å². The van der Waals surface area contributed by atoms with Crippen LogP contribution in [0.2, 0.25) is 0 Å². The maximum Gasteiger partial charge on any atom is 0.279 e. The smallest absolute Gasteiger partial charge is 0.279 e. The largest absolute Gasteiger partial charge is 0.354 e. The molecule has 118 valence electrons. The average molecular weight is 330 g/mol. The Balaban J connectivity index is 1.46. The van der Waals surface area contributed by atoms with Crippen LogP contribution in [0.5, 0.6) is 0 Å². The van der Waals surface area contributed by atoms with E-state index in [1.165, 1.54) is 30.6 Å². The van der Waals surface area contributed by atoms with E-state index in [-0.39, 0.29) is 11.6 Å². The van der Waals surface area contributed by atoms with Crippen LogP contribution in [0, 0.1) is 0 Å². The van der Waals surface area contributed by atoms with Crippen molar-refractivity contribution in [2.75, 3.05) is 5.32 Å². The van der Waals surface area contributed by atoms with Crippen molar-refractivity contribution in [3.63, 3.8) is 0 Å². The van der Waals surface area contributed by atoms with E-state index in [1.54, 1.807) is 24.0 Å². The third-order valence-electron chi connectivity index (χ3n) is 3.86. The summed E-state index contributed by atoms with van der Waals surface area (Å²) in [6.45, 7) is 0. The summed E-state index contributed by atoms with van der Waals surface area (Å²) in [4.78, 5) is 16.7. The first-order valence-corrected chi connectivity index (χ1v) is 8.17. The number of nitrogens with zero attached hydrogens (tertiary/aromatic N) is 5. The molecule has 0 spiro atoms. The minimum Gasteiger partial charge on any atom is -0.354 e. The molecule has 0 unspecified atom stereocenters. The van der Waals surface area contributed by atoms with Gasteiger partial charge >= 0.3 is 0 Å². The van der Waals surface area contributed by atoms with Gasteiger partial charge in [-0.15, -0.1) is 16.4 Å². The van der Waals surface area contributed by atoms with Crippen LogP contribution in [0.15, 0.2) is 22.2 Å². The lowest BCUT2D eigenvalue weighted by molar-refractivity contribution is 0.101. The minimum atomic E-state index is -0.349. The van der Waals surface area contributed by atoms with Crippen molar-refractivity contribution in [1.82, 2.24) is 25.1 Å². The van der Waals surface area contributed by atoms with E-state index in [9.17, 15) is 4.79 Å². The summed E-state index contributed by atoms with van der Waals surface area (Å²) in [5.74, 6) is 0.600. The molecule has 4 rings (SSSR count). The lowest BCUT2D eigenvalue weighted by Gasteiger charge is -2.22. The number of rotatable bonds is 4. The molecular formula is C14H14N6O2S. The van der Waals surface area contributed by atoms with Gasteiger partial charge in [0.15, 0.2) is 22.3 Å². The highest BCUT2D eigenvalue weighted by Crippen LogP contribution is 2.37. The van der Waals surface area contributed by atoms with Crippen LogP contribution in [-0.4, -0.2) is 31.0 Å².